The molecule has 0 bridgehead atoms. The molecule has 1 saturated carbocycles. The Bertz CT molecular complexity index is 1150. The molecule has 1 fully saturated rings. The Morgan fingerprint density at radius 3 is 2.21 bits per heavy atom. The monoisotopic (exact) mass is 467 g/mol. The smallest absolute Gasteiger partial charge is 0.167 e. The van der Waals surface area contributed by atoms with Crippen LogP contribution >= 0.6 is 0 Å². The van der Waals surface area contributed by atoms with E-state index >= 15 is 0 Å². The number of H-pyrrole nitrogens is 1. The molecule has 0 radical (unpaired) electrons. The van der Waals surface area contributed by atoms with Gasteiger partial charge in [-0.2, -0.15) is 0 Å². The van der Waals surface area contributed by atoms with Crippen molar-refractivity contribution in [3.05, 3.63) is 89.7 Å². The lowest BCUT2D eigenvalue weighted by Crippen LogP contribution is -2.11. The Morgan fingerprint density at radius 2 is 1.61 bits per heavy atom. The first-order chi connectivity index (χ1) is 15.8. The molecule has 1 aliphatic carbocycles. The Kier molecular flexibility index (Phi) is 8.63. The van der Waals surface area contributed by atoms with Gasteiger partial charge in [0.05, 0.1) is 23.3 Å². The second kappa shape index (κ2) is 11.6. The highest BCUT2D eigenvalue weighted by atomic mass is 32.2. The van der Waals surface area contributed by atoms with Crippen LogP contribution in [0, 0.1) is 0 Å². The Hall–Kier alpha value is -3.16. The summed E-state index contributed by atoms with van der Waals surface area (Å²) in [6.07, 6.45) is 11.7. The second-order valence-corrected chi connectivity index (χ2v) is 9.26. The van der Waals surface area contributed by atoms with Crippen LogP contribution in [0.5, 0.6) is 11.5 Å². The lowest BCUT2D eigenvalue weighted by atomic mass is 9.95. The first-order valence-electron chi connectivity index (χ1n) is 10.8. The number of methoxy groups -OCH3 is 1. The van der Waals surface area contributed by atoms with E-state index in [0.29, 0.717) is 6.26 Å². The molecule has 33 heavy (non-hydrogen) atoms. The normalized spacial score (nSPS) is 14.3. The van der Waals surface area contributed by atoms with E-state index in [1.165, 1.54) is 18.4 Å². The molecule has 1 aromatic heterocycles. The van der Waals surface area contributed by atoms with E-state index in [4.69, 9.17) is 22.4 Å². The van der Waals surface area contributed by atoms with E-state index in [0.717, 1.165) is 41.0 Å². The summed E-state index contributed by atoms with van der Waals surface area (Å²) >= 11 is 0. The molecule has 1 aliphatic rings. The minimum absolute atomic E-state index is 0.290. The van der Waals surface area contributed by atoms with Crippen LogP contribution in [0.4, 0.5) is 0 Å². The highest BCUT2D eigenvalue weighted by molar-refractivity contribution is 7.84. The average Bonchev–Trinajstić information content (AvgIpc) is 3.31. The lowest BCUT2D eigenvalue weighted by molar-refractivity contribution is -0.378. The van der Waals surface area contributed by atoms with Crippen molar-refractivity contribution in [1.29, 1.82) is 0 Å². The maximum absolute atomic E-state index is 9.08. The van der Waals surface area contributed by atoms with Crippen molar-refractivity contribution in [3.8, 4) is 11.5 Å². The first kappa shape index (κ1) is 24.5. The van der Waals surface area contributed by atoms with Crippen molar-refractivity contribution in [3.63, 3.8) is 0 Å². The van der Waals surface area contributed by atoms with Gasteiger partial charge in [0.2, 0.25) is 0 Å². The lowest BCUT2D eigenvalue weighted by Gasteiger charge is -2.18. The molecule has 0 spiro atoms. The fourth-order valence-corrected chi connectivity index (χ4v) is 3.74. The summed E-state index contributed by atoms with van der Waals surface area (Å²) in [4.78, 5) is 3.08. The maximum atomic E-state index is 9.08. The Labute approximate surface area is 195 Å². The van der Waals surface area contributed by atoms with Crippen LogP contribution in [-0.4, -0.2) is 32.4 Å². The molecular weight excluding hydrogens is 438 g/mol. The average molecular weight is 468 g/mol. The van der Waals surface area contributed by atoms with Crippen molar-refractivity contribution < 1.29 is 27.4 Å². The summed E-state index contributed by atoms with van der Waals surface area (Å²) in [6.45, 7) is 0. The summed E-state index contributed by atoms with van der Waals surface area (Å²) in [5, 5.41) is 0. The molecule has 174 valence electrons. The van der Waals surface area contributed by atoms with Crippen molar-refractivity contribution in [2.45, 2.75) is 31.8 Å². The van der Waals surface area contributed by atoms with Gasteiger partial charge in [-0.25, -0.2) is 13.4 Å². The first-order valence-corrected chi connectivity index (χ1v) is 12.6. The fourth-order valence-electron chi connectivity index (χ4n) is 3.74. The van der Waals surface area contributed by atoms with Gasteiger partial charge in [0.1, 0.15) is 0 Å². The number of ether oxygens (including phenoxy) is 2. The van der Waals surface area contributed by atoms with E-state index in [2.05, 4.69) is 59.6 Å². The highest BCUT2D eigenvalue weighted by Crippen LogP contribution is 2.36. The standard InChI is InChI=1S/C25H25NO2.CH4O3S/c1-27-24-12-11-21(18-25(24)28-22-9-5-6-10-22)23(20-7-3-2-4-8-20)17-19-13-15-26-16-14-19;1-5(2,3)4/h2-4,7-8,11-18,22H,5-6,9-10H2,1H3;1H3,(H,2,3,4)/b23-17+;. The van der Waals surface area contributed by atoms with Crippen LogP contribution in [0.25, 0.3) is 11.6 Å². The third kappa shape index (κ3) is 8.04. The van der Waals surface area contributed by atoms with Gasteiger partial charge in [0.15, 0.2) is 23.9 Å². The summed E-state index contributed by atoms with van der Waals surface area (Å²) in [7, 11) is -2.22. The van der Waals surface area contributed by atoms with E-state index in [1.54, 1.807) is 7.11 Å². The van der Waals surface area contributed by atoms with Crippen LogP contribution < -0.4 is 14.5 Å². The zero-order valence-corrected chi connectivity index (χ0v) is 19.7. The SMILES string of the molecule is COc1ccc(/C(=C/c2cc[nH+]cc2)c2ccccc2)cc1OC1CCCC1.CS(=O)(=O)[O-]. The molecule has 1 N–H and O–H groups in total. The molecule has 0 aliphatic heterocycles. The van der Waals surface area contributed by atoms with Crippen LogP contribution in [0.2, 0.25) is 0 Å². The fraction of sp³-hybridized carbons (Fsp3) is 0.269. The van der Waals surface area contributed by atoms with Gasteiger partial charge in [0, 0.05) is 18.4 Å². The zero-order valence-electron chi connectivity index (χ0n) is 18.9. The number of aromatic amines is 1. The largest absolute Gasteiger partial charge is 0.748 e. The molecule has 4 rings (SSSR count). The van der Waals surface area contributed by atoms with Crippen LogP contribution in [0.1, 0.15) is 42.4 Å². The summed E-state index contributed by atoms with van der Waals surface area (Å²) in [5.41, 5.74) is 4.59. The predicted molar refractivity (Wildman–Crippen MR) is 128 cm³/mol. The Balaban J connectivity index is 0.000000555. The third-order valence-corrected chi connectivity index (χ3v) is 5.21. The number of pyridine rings is 1. The topological polar surface area (TPSA) is 89.8 Å². The molecule has 0 saturated heterocycles. The molecule has 2 aromatic carbocycles. The quantitative estimate of drug-likeness (QED) is 0.495. The maximum Gasteiger partial charge on any atom is 0.167 e. The summed E-state index contributed by atoms with van der Waals surface area (Å²) < 4.78 is 39.1. The molecular formula is C26H29NO5S. The molecule has 0 amide bonds. The molecule has 0 atom stereocenters. The van der Waals surface area contributed by atoms with E-state index in [9.17, 15) is 0 Å². The number of aromatic nitrogens is 1. The second-order valence-electron chi connectivity index (χ2n) is 7.85. The van der Waals surface area contributed by atoms with Gasteiger partial charge in [-0.3, -0.25) is 0 Å². The van der Waals surface area contributed by atoms with Gasteiger partial charge in [-0.15, -0.1) is 0 Å². The van der Waals surface area contributed by atoms with Crippen LogP contribution in [0.15, 0.2) is 73.1 Å². The third-order valence-electron chi connectivity index (χ3n) is 5.21. The van der Waals surface area contributed by atoms with E-state index in [1.807, 2.05) is 24.5 Å². The van der Waals surface area contributed by atoms with Gasteiger partial charge < -0.3 is 14.0 Å². The minimum atomic E-state index is -3.92. The Morgan fingerprint density at radius 1 is 0.970 bits per heavy atom. The summed E-state index contributed by atoms with van der Waals surface area (Å²) in [5.74, 6) is 1.62. The number of rotatable bonds is 6. The summed E-state index contributed by atoms with van der Waals surface area (Å²) in [6, 6.07) is 20.8. The minimum Gasteiger partial charge on any atom is -0.748 e. The van der Waals surface area contributed by atoms with E-state index in [-0.39, 0.29) is 6.10 Å². The predicted octanol–water partition coefficient (Wildman–Crippen LogP) is 4.58. The molecule has 6 nitrogen and oxygen atoms in total. The van der Waals surface area contributed by atoms with Crippen LogP contribution in [-0.2, 0) is 10.1 Å². The highest BCUT2D eigenvalue weighted by Gasteiger charge is 2.19. The number of hydrogen-bond donors (Lipinski definition) is 0. The molecule has 1 heterocycles. The molecule has 3 aromatic rings. The van der Waals surface area contributed by atoms with E-state index < -0.39 is 10.1 Å². The van der Waals surface area contributed by atoms with Crippen molar-refractivity contribution in [2.75, 3.05) is 13.4 Å². The number of nitrogens with one attached hydrogen (secondary N) is 1. The van der Waals surface area contributed by atoms with Crippen molar-refractivity contribution in [1.82, 2.24) is 0 Å². The van der Waals surface area contributed by atoms with Crippen molar-refractivity contribution >= 4 is 21.8 Å². The van der Waals surface area contributed by atoms with Gasteiger partial charge in [-0.1, -0.05) is 36.4 Å². The number of hydrogen-bond acceptors (Lipinski definition) is 5. The molecule has 0 unspecified atom stereocenters. The number of benzene rings is 2. The van der Waals surface area contributed by atoms with Gasteiger partial charge >= 0.3 is 0 Å². The van der Waals surface area contributed by atoms with Gasteiger partial charge in [0.25, 0.3) is 0 Å². The van der Waals surface area contributed by atoms with Crippen LogP contribution in [0.3, 0.4) is 0 Å². The zero-order chi connectivity index (χ0) is 23.7. The van der Waals surface area contributed by atoms with Gasteiger partial charge in [-0.05, 0) is 66.2 Å². The van der Waals surface area contributed by atoms with Crippen molar-refractivity contribution in [2.24, 2.45) is 0 Å². The molecule has 7 heteroatoms.